The maximum absolute atomic E-state index is 11.5. The average Bonchev–Trinajstić information content (AvgIpc) is 3.11. The van der Waals surface area contributed by atoms with Crippen LogP contribution >= 0.6 is 0 Å². The van der Waals surface area contributed by atoms with Crippen molar-refractivity contribution in [1.82, 2.24) is 0 Å². The molecule has 0 heterocycles. The number of allylic oxidation sites excluding steroid dienone is 1. The Morgan fingerprint density at radius 2 is 1.82 bits per heavy atom. The van der Waals surface area contributed by atoms with Gasteiger partial charge in [-0.05, 0) is 104 Å². The van der Waals surface area contributed by atoms with Gasteiger partial charge in [-0.25, -0.2) is 0 Å². The monoisotopic (exact) mass is 456 g/mol. The van der Waals surface area contributed by atoms with Gasteiger partial charge in [-0.15, -0.1) is 0 Å². The highest BCUT2D eigenvalue weighted by Gasteiger charge is 2.59. The first kappa shape index (κ1) is 25.3. The molecule has 0 spiro atoms. The SMILES string of the molecule is CC[C@@H](CC[C@@H](C)[C@H]1CC[C@H]2[C@H]3CC=C4C[C@@H](OC(C)=O)CC[C@]4(C)[C@@H]3CC[C@]12C)C(C)C. The molecule has 0 aliphatic heterocycles. The summed E-state index contributed by atoms with van der Waals surface area (Å²) in [6.07, 6.45) is 17.2. The van der Waals surface area contributed by atoms with E-state index in [1.165, 1.54) is 57.8 Å². The molecule has 0 aromatic rings. The molecular formula is C31H52O2. The third kappa shape index (κ3) is 4.58. The Labute approximate surface area is 204 Å². The van der Waals surface area contributed by atoms with Gasteiger partial charge >= 0.3 is 5.97 Å². The molecule has 33 heavy (non-hydrogen) atoms. The molecule has 3 fully saturated rings. The summed E-state index contributed by atoms with van der Waals surface area (Å²) in [4.78, 5) is 11.5. The topological polar surface area (TPSA) is 26.3 Å². The van der Waals surface area contributed by atoms with E-state index in [9.17, 15) is 4.79 Å². The number of rotatable bonds is 7. The van der Waals surface area contributed by atoms with Crippen LogP contribution in [0.25, 0.3) is 0 Å². The fourth-order valence-electron chi connectivity index (χ4n) is 9.63. The van der Waals surface area contributed by atoms with E-state index in [1.54, 1.807) is 12.5 Å². The van der Waals surface area contributed by atoms with Gasteiger partial charge in [-0.3, -0.25) is 4.79 Å². The lowest BCUT2D eigenvalue weighted by Gasteiger charge is -2.58. The Hall–Kier alpha value is -0.790. The summed E-state index contributed by atoms with van der Waals surface area (Å²) in [6.45, 7) is 16.6. The molecule has 0 amide bonds. The number of hydrogen-bond donors (Lipinski definition) is 0. The summed E-state index contributed by atoms with van der Waals surface area (Å²) >= 11 is 0. The van der Waals surface area contributed by atoms with Crippen LogP contribution in [0.3, 0.4) is 0 Å². The van der Waals surface area contributed by atoms with Gasteiger partial charge in [0.15, 0.2) is 0 Å². The molecule has 9 atom stereocenters. The second kappa shape index (κ2) is 9.69. The molecular weight excluding hydrogens is 404 g/mol. The van der Waals surface area contributed by atoms with Gasteiger partial charge in [0.25, 0.3) is 0 Å². The summed E-state index contributed by atoms with van der Waals surface area (Å²) in [5.74, 6) is 6.03. The molecule has 0 radical (unpaired) electrons. The average molecular weight is 457 g/mol. The van der Waals surface area contributed by atoms with Crippen LogP contribution in [-0.2, 0) is 9.53 Å². The molecule has 2 nitrogen and oxygen atoms in total. The largest absolute Gasteiger partial charge is 0.462 e. The minimum atomic E-state index is -0.115. The first-order valence-corrected chi connectivity index (χ1v) is 14.5. The number of carbonyl (C=O) groups excluding carboxylic acids is 1. The fraction of sp³-hybridized carbons (Fsp3) is 0.903. The van der Waals surface area contributed by atoms with Crippen LogP contribution in [0, 0.1) is 52.3 Å². The maximum atomic E-state index is 11.5. The van der Waals surface area contributed by atoms with E-state index in [-0.39, 0.29) is 12.1 Å². The number of carbonyl (C=O) groups is 1. The maximum Gasteiger partial charge on any atom is 0.302 e. The molecule has 188 valence electrons. The lowest BCUT2D eigenvalue weighted by atomic mass is 9.47. The van der Waals surface area contributed by atoms with E-state index in [4.69, 9.17) is 4.74 Å². The summed E-state index contributed by atoms with van der Waals surface area (Å²) in [6, 6.07) is 0. The normalized spacial score (nSPS) is 42.1. The van der Waals surface area contributed by atoms with E-state index in [0.29, 0.717) is 10.8 Å². The van der Waals surface area contributed by atoms with Crippen LogP contribution in [0.15, 0.2) is 11.6 Å². The minimum Gasteiger partial charge on any atom is -0.462 e. The molecule has 0 aromatic carbocycles. The Kier molecular flexibility index (Phi) is 7.43. The molecule has 0 aromatic heterocycles. The van der Waals surface area contributed by atoms with Crippen LogP contribution in [0.2, 0.25) is 0 Å². The highest BCUT2D eigenvalue weighted by molar-refractivity contribution is 5.66. The molecule has 0 N–H and O–H groups in total. The lowest BCUT2D eigenvalue weighted by molar-refractivity contribution is -0.148. The van der Waals surface area contributed by atoms with E-state index in [0.717, 1.165) is 54.3 Å². The predicted molar refractivity (Wildman–Crippen MR) is 138 cm³/mol. The zero-order chi connectivity index (χ0) is 24.0. The van der Waals surface area contributed by atoms with Crippen molar-refractivity contribution in [3.8, 4) is 0 Å². The first-order chi connectivity index (χ1) is 15.6. The van der Waals surface area contributed by atoms with Crippen molar-refractivity contribution in [2.24, 2.45) is 52.3 Å². The summed E-state index contributed by atoms with van der Waals surface area (Å²) in [5, 5.41) is 0. The van der Waals surface area contributed by atoms with E-state index >= 15 is 0 Å². The lowest BCUT2D eigenvalue weighted by Crippen LogP contribution is -2.51. The molecule has 2 heteroatoms. The number of fused-ring (bicyclic) bond motifs is 5. The van der Waals surface area contributed by atoms with Crippen LogP contribution < -0.4 is 0 Å². The number of esters is 1. The van der Waals surface area contributed by atoms with Gasteiger partial charge in [-0.1, -0.05) is 66.0 Å². The Morgan fingerprint density at radius 1 is 1.06 bits per heavy atom. The van der Waals surface area contributed by atoms with Crippen molar-refractivity contribution in [3.05, 3.63) is 11.6 Å². The van der Waals surface area contributed by atoms with Crippen LogP contribution in [-0.4, -0.2) is 12.1 Å². The van der Waals surface area contributed by atoms with E-state index in [2.05, 4.69) is 47.6 Å². The van der Waals surface area contributed by atoms with Gasteiger partial charge in [-0.2, -0.15) is 0 Å². The second-order valence-corrected chi connectivity index (χ2v) is 13.4. The van der Waals surface area contributed by atoms with Gasteiger partial charge in [0, 0.05) is 13.3 Å². The van der Waals surface area contributed by atoms with Crippen molar-refractivity contribution in [1.29, 1.82) is 0 Å². The third-order valence-corrected chi connectivity index (χ3v) is 11.6. The summed E-state index contributed by atoms with van der Waals surface area (Å²) in [7, 11) is 0. The van der Waals surface area contributed by atoms with Crippen LogP contribution in [0.5, 0.6) is 0 Å². The standard InChI is InChI=1S/C31H52O2/c1-8-23(20(2)3)10-9-21(4)27-13-14-28-26-12-11-24-19-25(33-22(5)32)15-17-30(24,6)29(26)16-18-31(27,28)7/h11,20-21,23,25-29H,8-10,12-19H2,1-7H3/t21-,23+,25+,26-,27-,28+,29-,30+,31-/m1/s1. The van der Waals surface area contributed by atoms with Gasteiger partial charge < -0.3 is 4.74 Å². The second-order valence-electron chi connectivity index (χ2n) is 13.4. The highest BCUT2D eigenvalue weighted by Crippen LogP contribution is 2.67. The van der Waals surface area contributed by atoms with E-state index in [1.807, 2.05) is 0 Å². The van der Waals surface area contributed by atoms with Crippen molar-refractivity contribution in [3.63, 3.8) is 0 Å². The number of ether oxygens (including phenoxy) is 1. The minimum absolute atomic E-state index is 0.113. The fourth-order valence-corrected chi connectivity index (χ4v) is 9.63. The molecule has 0 unspecified atom stereocenters. The van der Waals surface area contributed by atoms with Crippen molar-refractivity contribution in [2.45, 2.75) is 125 Å². The quantitative estimate of drug-likeness (QED) is 0.283. The van der Waals surface area contributed by atoms with Crippen molar-refractivity contribution >= 4 is 5.97 Å². The molecule has 0 saturated heterocycles. The molecule has 3 saturated carbocycles. The Balaban J connectivity index is 1.46. The zero-order valence-corrected chi connectivity index (χ0v) is 22.8. The van der Waals surface area contributed by atoms with Gasteiger partial charge in [0.2, 0.25) is 0 Å². The summed E-state index contributed by atoms with van der Waals surface area (Å²) < 4.78 is 5.63. The van der Waals surface area contributed by atoms with Crippen LogP contribution in [0.1, 0.15) is 119 Å². The smallest absolute Gasteiger partial charge is 0.302 e. The van der Waals surface area contributed by atoms with Crippen LogP contribution in [0.4, 0.5) is 0 Å². The predicted octanol–water partition coefficient (Wildman–Crippen LogP) is 8.60. The molecule has 0 bridgehead atoms. The third-order valence-electron chi connectivity index (χ3n) is 11.6. The molecule has 4 aliphatic rings. The van der Waals surface area contributed by atoms with Gasteiger partial charge in [0.1, 0.15) is 6.10 Å². The summed E-state index contributed by atoms with van der Waals surface area (Å²) in [5.41, 5.74) is 2.51. The van der Waals surface area contributed by atoms with Crippen molar-refractivity contribution < 1.29 is 9.53 Å². The zero-order valence-electron chi connectivity index (χ0n) is 22.8. The highest BCUT2D eigenvalue weighted by atomic mass is 16.5. The molecule has 4 rings (SSSR count). The Morgan fingerprint density at radius 3 is 2.48 bits per heavy atom. The number of hydrogen-bond acceptors (Lipinski definition) is 2. The van der Waals surface area contributed by atoms with Gasteiger partial charge in [0.05, 0.1) is 0 Å². The Bertz CT molecular complexity index is 737. The van der Waals surface area contributed by atoms with E-state index < -0.39 is 0 Å². The van der Waals surface area contributed by atoms with Crippen molar-refractivity contribution in [2.75, 3.05) is 0 Å². The molecule has 4 aliphatic carbocycles. The first-order valence-electron chi connectivity index (χ1n) is 14.5.